The molecule has 1 aromatic heterocycles. The molecule has 1 aromatic rings. The summed E-state index contributed by atoms with van der Waals surface area (Å²) in [5, 5.41) is 6.93. The number of piperidine rings is 1. The summed E-state index contributed by atoms with van der Waals surface area (Å²) < 4.78 is 0. The topological polar surface area (TPSA) is 53.1 Å². The van der Waals surface area contributed by atoms with E-state index in [1.807, 2.05) is 0 Å². The molecule has 2 fully saturated rings. The van der Waals surface area contributed by atoms with Crippen molar-refractivity contribution in [2.24, 2.45) is 0 Å². The Hall–Kier alpha value is -1.36. The Kier molecular flexibility index (Phi) is 4.05. The van der Waals surface area contributed by atoms with Gasteiger partial charge >= 0.3 is 0 Å². The maximum absolute atomic E-state index is 4.42. The molecule has 3 rings (SSSR count). The van der Waals surface area contributed by atoms with Crippen LogP contribution in [0.3, 0.4) is 0 Å². The molecule has 5 nitrogen and oxygen atoms in total. The third-order valence-electron chi connectivity index (χ3n) is 4.59. The quantitative estimate of drug-likeness (QED) is 0.883. The molecule has 2 unspecified atom stereocenters. The Morgan fingerprint density at radius 2 is 2.10 bits per heavy atom. The van der Waals surface area contributed by atoms with Crippen LogP contribution in [0, 0.1) is 6.92 Å². The molecule has 3 heterocycles. The summed E-state index contributed by atoms with van der Waals surface area (Å²) in [4.78, 5) is 11.4. The number of nitrogens with zero attached hydrogens (tertiary/aromatic N) is 3. The fourth-order valence-electron chi connectivity index (χ4n) is 3.49. The van der Waals surface area contributed by atoms with Crippen LogP contribution >= 0.6 is 0 Å². The zero-order valence-corrected chi connectivity index (χ0v) is 12.5. The van der Waals surface area contributed by atoms with Crippen LogP contribution in [0.25, 0.3) is 0 Å². The molecule has 0 spiro atoms. The number of aromatic nitrogens is 2. The van der Waals surface area contributed by atoms with Gasteiger partial charge in [-0.05, 0) is 46.1 Å². The van der Waals surface area contributed by atoms with E-state index in [2.05, 4.69) is 39.3 Å². The van der Waals surface area contributed by atoms with E-state index in [1.165, 1.54) is 38.8 Å². The summed E-state index contributed by atoms with van der Waals surface area (Å²) in [5.74, 6) is 1.94. The van der Waals surface area contributed by atoms with Crippen LogP contribution in [0.1, 0.15) is 38.2 Å². The van der Waals surface area contributed by atoms with E-state index in [9.17, 15) is 0 Å². The number of hydrogen-bond donors (Lipinski definition) is 2. The number of rotatable bonds is 4. The zero-order valence-electron chi connectivity index (χ0n) is 12.5. The standard InChI is InChI=1S/C15H25N5/c1-3-16-14-11(2)15(18-10-17-14)19-12-6-8-20-7-4-5-13(20)9-12/h10,12-13H,3-9H2,1-2H3,(H2,16,17,18,19). The van der Waals surface area contributed by atoms with Crippen LogP contribution in [-0.4, -0.2) is 46.6 Å². The van der Waals surface area contributed by atoms with Gasteiger partial charge in [-0.3, -0.25) is 0 Å². The minimum Gasteiger partial charge on any atom is -0.370 e. The van der Waals surface area contributed by atoms with E-state index in [-0.39, 0.29) is 0 Å². The van der Waals surface area contributed by atoms with Gasteiger partial charge in [0, 0.05) is 30.7 Å². The van der Waals surface area contributed by atoms with Gasteiger partial charge in [0.1, 0.15) is 18.0 Å². The second-order valence-corrected chi connectivity index (χ2v) is 5.92. The number of fused-ring (bicyclic) bond motifs is 1. The molecule has 0 amide bonds. The predicted molar refractivity (Wildman–Crippen MR) is 82.2 cm³/mol. The predicted octanol–water partition coefficient (Wildman–Crippen LogP) is 2.26. The number of anilines is 2. The molecule has 2 aliphatic heterocycles. The Morgan fingerprint density at radius 1 is 1.25 bits per heavy atom. The minimum atomic E-state index is 0.553. The van der Waals surface area contributed by atoms with Crippen molar-refractivity contribution in [2.45, 2.75) is 51.6 Å². The van der Waals surface area contributed by atoms with Crippen molar-refractivity contribution >= 4 is 11.6 Å². The van der Waals surface area contributed by atoms with E-state index in [0.717, 1.165) is 29.8 Å². The van der Waals surface area contributed by atoms with Gasteiger partial charge in [0.2, 0.25) is 0 Å². The normalized spacial score (nSPS) is 26.3. The lowest BCUT2D eigenvalue weighted by atomic mass is 9.97. The van der Waals surface area contributed by atoms with Crippen LogP contribution in [0.5, 0.6) is 0 Å². The lowest BCUT2D eigenvalue weighted by Crippen LogP contribution is -2.43. The van der Waals surface area contributed by atoms with E-state index in [1.54, 1.807) is 6.33 Å². The Balaban J connectivity index is 1.67. The van der Waals surface area contributed by atoms with Crippen LogP contribution < -0.4 is 10.6 Å². The molecule has 0 aliphatic carbocycles. The smallest absolute Gasteiger partial charge is 0.134 e. The van der Waals surface area contributed by atoms with Gasteiger partial charge in [-0.25, -0.2) is 9.97 Å². The lowest BCUT2D eigenvalue weighted by molar-refractivity contribution is 0.188. The monoisotopic (exact) mass is 275 g/mol. The molecule has 20 heavy (non-hydrogen) atoms. The highest BCUT2D eigenvalue weighted by Gasteiger charge is 2.31. The molecule has 110 valence electrons. The van der Waals surface area contributed by atoms with E-state index in [4.69, 9.17) is 0 Å². The Bertz CT molecular complexity index is 462. The van der Waals surface area contributed by atoms with Gasteiger partial charge < -0.3 is 15.5 Å². The van der Waals surface area contributed by atoms with Gasteiger partial charge in [0.15, 0.2) is 0 Å². The summed E-state index contributed by atoms with van der Waals surface area (Å²) >= 11 is 0. The van der Waals surface area contributed by atoms with Crippen molar-refractivity contribution in [2.75, 3.05) is 30.3 Å². The first-order valence-electron chi connectivity index (χ1n) is 7.84. The maximum atomic E-state index is 4.42. The third-order valence-corrected chi connectivity index (χ3v) is 4.59. The zero-order chi connectivity index (χ0) is 13.9. The molecule has 5 heteroatoms. The highest BCUT2D eigenvalue weighted by atomic mass is 15.2. The van der Waals surface area contributed by atoms with Crippen molar-refractivity contribution in [1.29, 1.82) is 0 Å². The molecular formula is C15H25N5. The van der Waals surface area contributed by atoms with E-state index in [0.29, 0.717) is 6.04 Å². The van der Waals surface area contributed by atoms with Gasteiger partial charge in [0.05, 0.1) is 0 Å². The first kappa shape index (κ1) is 13.6. The summed E-state index contributed by atoms with van der Waals surface area (Å²) in [7, 11) is 0. The fourth-order valence-corrected chi connectivity index (χ4v) is 3.49. The van der Waals surface area contributed by atoms with Crippen molar-refractivity contribution in [3.63, 3.8) is 0 Å². The second kappa shape index (κ2) is 5.95. The molecule has 0 saturated carbocycles. The first-order valence-corrected chi connectivity index (χ1v) is 7.84. The molecule has 2 atom stereocenters. The van der Waals surface area contributed by atoms with Crippen molar-refractivity contribution < 1.29 is 0 Å². The SMILES string of the molecule is CCNc1ncnc(NC2CCN3CCCC3C2)c1C. The fraction of sp³-hybridized carbons (Fsp3) is 0.733. The Morgan fingerprint density at radius 3 is 2.95 bits per heavy atom. The summed E-state index contributed by atoms with van der Waals surface area (Å²) in [6.45, 7) is 7.59. The van der Waals surface area contributed by atoms with Crippen molar-refractivity contribution in [1.82, 2.24) is 14.9 Å². The van der Waals surface area contributed by atoms with Gasteiger partial charge in [-0.15, -0.1) is 0 Å². The van der Waals surface area contributed by atoms with Crippen LogP contribution in [0.15, 0.2) is 6.33 Å². The maximum Gasteiger partial charge on any atom is 0.134 e. The highest BCUT2D eigenvalue weighted by Crippen LogP contribution is 2.29. The van der Waals surface area contributed by atoms with Gasteiger partial charge in [0.25, 0.3) is 0 Å². The minimum absolute atomic E-state index is 0.553. The van der Waals surface area contributed by atoms with E-state index < -0.39 is 0 Å². The third kappa shape index (κ3) is 2.73. The molecule has 0 radical (unpaired) electrons. The summed E-state index contributed by atoms with van der Waals surface area (Å²) in [5.41, 5.74) is 1.13. The van der Waals surface area contributed by atoms with Gasteiger partial charge in [-0.2, -0.15) is 0 Å². The van der Waals surface area contributed by atoms with Crippen LogP contribution in [0.2, 0.25) is 0 Å². The lowest BCUT2D eigenvalue weighted by Gasteiger charge is -2.35. The first-order chi connectivity index (χ1) is 9.78. The average molecular weight is 275 g/mol. The summed E-state index contributed by atoms with van der Waals surface area (Å²) in [6, 6.07) is 1.34. The molecular weight excluding hydrogens is 250 g/mol. The Labute approximate surface area is 121 Å². The van der Waals surface area contributed by atoms with Crippen molar-refractivity contribution in [3.8, 4) is 0 Å². The van der Waals surface area contributed by atoms with Crippen molar-refractivity contribution in [3.05, 3.63) is 11.9 Å². The molecule has 2 saturated heterocycles. The number of nitrogens with one attached hydrogen (secondary N) is 2. The largest absolute Gasteiger partial charge is 0.370 e. The number of hydrogen-bond acceptors (Lipinski definition) is 5. The second-order valence-electron chi connectivity index (χ2n) is 5.92. The van der Waals surface area contributed by atoms with Gasteiger partial charge in [-0.1, -0.05) is 0 Å². The average Bonchev–Trinajstić information content (AvgIpc) is 2.91. The van der Waals surface area contributed by atoms with Crippen LogP contribution in [0.4, 0.5) is 11.6 Å². The highest BCUT2D eigenvalue weighted by molar-refractivity contribution is 5.56. The summed E-state index contributed by atoms with van der Waals surface area (Å²) in [6.07, 6.45) is 6.85. The molecule has 2 aliphatic rings. The van der Waals surface area contributed by atoms with E-state index >= 15 is 0 Å². The molecule has 0 bridgehead atoms. The molecule has 2 N–H and O–H groups in total. The molecule has 0 aromatic carbocycles. The van der Waals surface area contributed by atoms with Crippen LogP contribution in [-0.2, 0) is 0 Å².